The third-order valence-electron chi connectivity index (χ3n) is 6.23. The van der Waals surface area contributed by atoms with Gasteiger partial charge in [0.05, 0.1) is 17.8 Å². The summed E-state index contributed by atoms with van der Waals surface area (Å²) in [6.45, 7) is 5.43. The Morgan fingerprint density at radius 3 is 2.49 bits per heavy atom. The molecule has 2 heterocycles. The summed E-state index contributed by atoms with van der Waals surface area (Å²) in [4.78, 5) is 3.39. The molecule has 37 heavy (non-hydrogen) atoms. The molecule has 1 aromatic heterocycles. The first kappa shape index (κ1) is 27.2. The van der Waals surface area contributed by atoms with Crippen LogP contribution in [0.2, 0.25) is 0 Å². The van der Waals surface area contributed by atoms with Crippen LogP contribution in [0.3, 0.4) is 0 Å². The minimum atomic E-state index is -4.35. The van der Waals surface area contributed by atoms with Crippen molar-refractivity contribution in [2.75, 3.05) is 37.3 Å². The molecule has 198 valence electrons. The lowest BCUT2D eigenvalue weighted by Crippen LogP contribution is -2.36. The fourth-order valence-corrected chi connectivity index (χ4v) is 4.99. The van der Waals surface area contributed by atoms with Gasteiger partial charge in [-0.2, -0.15) is 13.2 Å². The normalized spacial score (nSPS) is 15.1. The number of hydrogen-bond acceptors (Lipinski definition) is 5. The van der Waals surface area contributed by atoms with E-state index in [0.29, 0.717) is 29.8 Å². The maximum absolute atomic E-state index is 13.5. The Labute approximate surface area is 221 Å². The van der Waals surface area contributed by atoms with Gasteiger partial charge in [-0.1, -0.05) is 12.0 Å². The van der Waals surface area contributed by atoms with Gasteiger partial charge in [0, 0.05) is 33.7 Å². The Hall–Kier alpha value is -2.80. The fourth-order valence-electron chi connectivity index (χ4n) is 4.34. The van der Waals surface area contributed by atoms with Gasteiger partial charge in [0.2, 0.25) is 0 Å². The highest BCUT2D eigenvalue weighted by molar-refractivity contribution is 7.97. The molecule has 2 aromatic carbocycles. The van der Waals surface area contributed by atoms with Gasteiger partial charge in [-0.15, -0.1) is 0 Å². The summed E-state index contributed by atoms with van der Waals surface area (Å²) in [6.07, 6.45) is -2.34. The minimum Gasteiger partial charge on any atom is -0.382 e. The number of fused-ring (bicyclic) bond motifs is 1. The summed E-state index contributed by atoms with van der Waals surface area (Å²) in [5, 5.41) is 7.56. The first-order chi connectivity index (χ1) is 17.7. The molecule has 0 bridgehead atoms. The number of anilines is 2. The zero-order valence-electron chi connectivity index (χ0n) is 21.5. The van der Waals surface area contributed by atoms with Crippen molar-refractivity contribution in [1.29, 1.82) is 0 Å². The molecule has 0 spiro atoms. The van der Waals surface area contributed by atoms with Gasteiger partial charge in [0.1, 0.15) is 6.54 Å². The van der Waals surface area contributed by atoms with E-state index in [1.54, 1.807) is 24.1 Å². The zero-order chi connectivity index (χ0) is 26.4. The lowest BCUT2D eigenvalue weighted by atomic mass is 10.0. The summed E-state index contributed by atoms with van der Waals surface area (Å²) in [6, 6.07) is 15.9. The minimum absolute atomic E-state index is 0.303. The molecule has 5 nitrogen and oxygen atoms in total. The molecule has 9 heteroatoms. The van der Waals surface area contributed by atoms with E-state index in [2.05, 4.69) is 53.0 Å². The Kier molecular flexibility index (Phi) is 8.95. The number of hydrogen-bond donors (Lipinski definition) is 3. The molecule has 1 fully saturated rings. The Morgan fingerprint density at radius 2 is 1.81 bits per heavy atom. The van der Waals surface area contributed by atoms with Crippen molar-refractivity contribution in [2.45, 2.75) is 56.4 Å². The average molecular weight is 530 g/mol. The predicted molar refractivity (Wildman–Crippen MR) is 148 cm³/mol. The van der Waals surface area contributed by atoms with E-state index in [9.17, 15) is 13.2 Å². The van der Waals surface area contributed by atoms with E-state index in [4.69, 9.17) is 0 Å². The van der Waals surface area contributed by atoms with Gasteiger partial charge < -0.3 is 20.1 Å². The monoisotopic (exact) mass is 529 g/mol. The smallest absolute Gasteiger partial charge is 0.382 e. The highest BCUT2D eigenvalue weighted by atomic mass is 32.2. The Balaban J connectivity index is 1.50. The maximum atomic E-state index is 13.5. The standard InChI is InChI=1S/C28H34F3N5S/c1-20(2)34-37-24-11-9-21(10-12-24)32-15-5-6-23-18-25-26(33-22-13-16-35(3)17-14-22)7-4-8-27(25)36(23)19-28(29,30)31/h4,7-12,18,20,22,32-34H,13-17,19H2,1-3H3. The second kappa shape index (κ2) is 12.2. The van der Waals surface area contributed by atoms with Crippen LogP contribution in [0.5, 0.6) is 0 Å². The van der Waals surface area contributed by atoms with Crippen LogP contribution in [-0.2, 0) is 6.54 Å². The van der Waals surface area contributed by atoms with Gasteiger partial charge in [0.15, 0.2) is 0 Å². The number of halogens is 3. The average Bonchev–Trinajstić information content (AvgIpc) is 3.19. The zero-order valence-corrected chi connectivity index (χ0v) is 22.3. The summed E-state index contributed by atoms with van der Waals surface area (Å²) in [5.41, 5.74) is 2.66. The third-order valence-corrected chi connectivity index (χ3v) is 7.32. The molecular weight excluding hydrogens is 495 g/mol. The molecule has 3 aromatic rings. The predicted octanol–water partition coefficient (Wildman–Crippen LogP) is 6.18. The van der Waals surface area contributed by atoms with Crippen LogP contribution in [-0.4, -0.2) is 54.4 Å². The molecular formula is C28H34F3N5S. The van der Waals surface area contributed by atoms with Crippen molar-refractivity contribution in [3.05, 3.63) is 54.2 Å². The van der Waals surface area contributed by atoms with E-state index in [-0.39, 0.29) is 0 Å². The van der Waals surface area contributed by atoms with Crippen LogP contribution in [0.1, 0.15) is 32.4 Å². The number of alkyl halides is 3. The molecule has 3 N–H and O–H groups in total. The second-order valence-electron chi connectivity index (χ2n) is 9.75. The molecule has 0 radical (unpaired) electrons. The highest BCUT2D eigenvalue weighted by Gasteiger charge is 2.30. The lowest BCUT2D eigenvalue weighted by Gasteiger charge is -2.30. The quantitative estimate of drug-likeness (QED) is 0.240. The van der Waals surface area contributed by atoms with Gasteiger partial charge in [-0.25, -0.2) is 0 Å². The first-order valence-electron chi connectivity index (χ1n) is 12.6. The van der Waals surface area contributed by atoms with Crippen molar-refractivity contribution in [1.82, 2.24) is 14.2 Å². The summed E-state index contributed by atoms with van der Waals surface area (Å²) in [5.74, 6) is 5.98. The highest BCUT2D eigenvalue weighted by Crippen LogP contribution is 2.31. The van der Waals surface area contributed by atoms with Gasteiger partial charge in [0.25, 0.3) is 0 Å². The van der Waals surface area contributed by atoms with Crippen LogP contribution in [0.15, 0.2) is 53.4 Å². The topological polar surface area (TPSA) is 44.3 Å². The van der Waals surface area contributed by atoms with E-state index >= 15 is 0 Å². The maximum Gasteiger partial charge on any atom is 0.406 e. The molecule has 0 atom stereocenters. The molecule has 0 aliphatic carbocycles. The summed E-state index contributed by atoms with van der Waals surface area (Å²) in [7, 11) is 2.10. The first-order valence-corrected chi connectivity index (χ1v) is 13.4. The van der Waals surface area contributed by atoms with Crippen LogP contribution < -0.4 is 15.4 Å². The molecule has 4 rings (SSSR count). The number of likely N-dealkylation sites (tertiary alicyclic amines) is 1. The van der Waals surface area contributed by atoms with E-state index < -0.39 is 12.7 Å². The SMILES string of the molecule is CC(C)NSc1ccc(NCC#Cc2cc3c(NC4CCN(C)CC4)cccc3n2CC(F)(F)F)cc1. The van der Waals surface area contributed by atoms with Crippen molar-refractivity contribution in [3.63, 3.8) is 0 Å². The van der Waals surface area contributed by atoms with Crippen LogP contribution in [0.4, 0.5) is 24.5 Å². The molecule has 0 saturated carbocycles. The summed E-state index contributed by atoms with van der Waals surface area (Å²) >= 11 is 1.58. The van der Waals surface area contributed by atoms with Gasteiger partial charge in [-0.3, -0.25) is 4.72 Å². The lowest BCUT2D eigenvalue weighted by molar-refractivity contribution is -0.140. The van der Waals surface area contributed by atoms with Crippen molar-refractivity contribution in [2.24, 2.45) is 0 Å². The number of aromatic nitrogens is 1. The Bertz CT molecular complexity index is 1230. The van der Waals surface area contributed by atoms with Crippen LogP contribution in [0.25, 0.3) is 10.9 Å². The number of piperidine rings is 1. The molecule has 1 saturated heterocycles. The molecule has 1 aliphatic heterocycles. The van der Waals surface area contributed by atoms with Crippen molar-refractivity contribution >= 4 is 34.2 Å². The Morgan fingerprint density at radius 1 is 1.08 bits per heavy atom. The second-order valence-corrected chi connectivity index (χ2v) is 10.7. The van der Waals surface area contributed by atoms with Crippen molar-refractivity contribution in [3.8, 4) is 11.8 Å². The van der Waals surface area contributed by atoms with Crippen LogP contribution in [0, 0.1) is 11.8 Å². The van der Waals surface area contributed by atoms with E-state index in [0.717, 1.165) is 47.6 Å². The molecule has 1 aliphatic rings. The molecule has 0 unspecified atom stereocenters. The molecule has 0 amide bonds. The number of benzene rings is 2. The van der Waals surface area contributed by atoms with E-state index in [1.165, 1.54) is 4.57 Å². The fraction of sp³-hybridized carbons (Fsp3) is 0.429. The number of nitrogens with one attached hydrogen (secondary N) is 3. The third kappa shape index (κ3) is 7.84. The summed E-state index contributed by atoms with van der Waals surface area (Å²) < 4.78 is 45.0. The van der Waals surface area contributed by atoms with Gasteiger partial charge in [-0.05, 0) is 107 Å². The number of rotatable bonds is 8. The van der Waals surface area contributed by atoms with Crippen molar-refractivity contribution < 1.29 is 13.2 Å². The van der Waals surface area contributed by atoms with Crippen LogP contribution >= 0.6 is 11.9 Å². The van der Waals surface area contributed by atoms with E-state index in [1.807, 2.05) is 36.4 Å². The van der Waals surface area contributed by atoms with Gasteiger partial charge >= 0.3 is 6.18 Å². The largest absolute Gasteiger partial charge is 0.406 e. The number of nitrogens with zero attached hydrogens (tertiary/aromatic N) is 2.